The number of rotatable bonds is 15. The standard InChI is InChI=1S/C38H47NO5Si/c1-28(20-31-18-13-19-32(21-31)37(40)41)39-25-36(44-45(5,6)38(2,3)4)33-22-34(42-26-29-14-9-7-10-15-29)24-35(23-33)43-27-30-16-11-8-12-17-30/h7-19,21-24,28,36,39H,20,25-27H2,1-6H3,(H,40,41). The molecule has 2 atom stereocenters. The van der Waals surface area contributed by atoms with Gasteiger partial charge in [-0.2, -0.15) is 0 Å². The Morgan fingerprint density at radius 1 is 0.778 bits per heavy atom. The summed E-state index contributed by atoms with van der Waals surface area (Å²) >= 11 is 0. The molecular weight excluding hydrogens is 579 g/mol. The molecule has 238 valence electrons. The highest BCUT2D eigenvalue weighted by Crippen LogP contribution is 2.40. The molecule has 0 heterocycles. The minimum atomic E-state index is -2.18. The van der Waals surface area contributed by atoms with Crippen molar-refractivity contribution in [2.45, 2.75) is 77.6 Å². The summed E-state index contributed by atoms with van der Waals surface area (Å²) in [5.41, 5.74) is 4.44. The van der Waals surface area contributed by atoms with Crippen molar-refractivity contribution >= 4 is 14.3 Å². The van der Waals surface area contributed by atoms with E-state index in [1.165, 1.54) is 0 Å². The molecule has 0 bridgehead atoms. The summed E-state index contributed by atoms with van der Waals surface area (Å²) < 4.78 is 19.7. The monoisotopic (exact) mass is 625 g/mol. The number of carboxylic acids is 1. The van der Waals surface area contributed by atoms with Crippen LogP contribution in [0.2, 0.25) is 18.1 Å². The van der Waals surface area contributed by atoms with Crippen molar-refractivity contribution in [2.75, 3.05) is 6.54 Å². The maximum Gasteiger partial charge on any atom is 0.335 e. The molecule has 4 aromatic carbocycles. The van der Waals surface area contributed by atoms with Crippen molar-refractivity contribution in [1.82, 2.24) is 5.32 Å². The summed E-state index contributed by atoms with van der Waals surface area (Å²) in [6.07, 6.45) is 0.442. The zero-order valence-electron chi connectivity index (χ0n) is 27.4. The number of carboxylic acid groups (broad SMARTS) is 1. The molecule has 4 rings (SSSR count). The minimum Gasteiger partial charge on any atom is -0.489 e. The van der Waals surface area contributed by atoms with Crippen LogP contribution < -0.4 is 14.8 Å². The van der Waals surface area contributed by atoms with Crippen LogP contribution in [0.4, 0.5) is 0 Å². The van der Waals surface area contributed by atoms with Crippen LogP contribution >= 0.6 is 0 Å². The second-order valence-corrected chi connectivity index (χ2v) is 17.9. The fourth-order valence-electron chi connectivity index (χ4n) is 4.75. The molecule has 2 unspecified atom stereocenters. The molecular formula is C38H47NO5Si. The van der Waals surface area contributed by atoms with Crippen molar-refractivity contribution < 1.29 is 23.8 Å². The summed E-state index contributed by atoms with van der Waals surface area (Å²) in [6, 6.07) is 33.6. The van der Waals surface area contributed by atoms with E-state index in [1.807, 2.05) is 48.5 Å². The summed E-state index contributed by atoms with van der Waals surface area (Å²) in [7, 11) is -2.18. The summed E-state index contributed by atoms with van der Waals surface area (Å²) in [6.45, 7) is 14.9. The highest BCUT2D eigenvalue weighted by Gasteiger charge is 2.39. The van der Waals surface area contributed by atoms with Gasteiger partial charge in [-0.1, -0.05) is 93.6 Å². The molecule has 0 saturated carbocycles. The number of aromatic carboxylic acids is 1. The number of hydrogen-bond donors (Lipinski definition) is 2. The first-order valence-corrected chi connectivity index (χ1v) is 18.5. The Labute approximate surface area is 269 Å². The Bertz CT molecular complexity index is 1460. The zero-order valence-corrected chi connectivity index (χ0v) is 28.4. The van der Waals surface area contributed by atoms with Gasteiger partial charge in [-0.3, -0.25) is 0 Å². The first-order valence-electron chi connectivity index (χ1n) is 15.6. The maximum absolute atomic E-state index is 11.5. The average molecular weight is 626 g/mol. The van der Waals surface area contributed by atoms with E-state index in [1.54, 1.807) is 18.2 Å². The molecule has 7 heteroatoms. The molecule has 0 saturated heterocycles. The van der Waals surface area contributed by atoms with Crippen molar-refractivity contribution in [2.24, 2.45) is 0 Å². The molecule has 45 heavy (non-hydrogen) atoms. The predicted molar refractivity (Wildman–Crippen MR) is 184 cm³/mol. The van der Waals surface area contributed by atoms with E-state index < -0.39 is 14.3 Å². The Morgan fingerprint density at radius 2 is 1.31 bits per heavy atom. The zero-order chi connectivity index (χ0) is 32.5. The quantitative estimate of drug-likeness (QED) is 0.129. The third kappa shape index (κ3) is 10.3. The van der Waals surface area contributed by atoms with Crippen LogP contribution in [0.25, 0.3) is 0 Å². The van der Waals surface area contributed by atoms with Gasteiger partial charge in [0.05, 0.1) is 11.7 Å². The molecule has 6 nitrogen and oxygen atoms in total. The summed E-state index contributed by atoms with van der Waals surface area (Å²) in [5.74, 6) is 0.531. The maximum atomic E-state index is 11.5. The second-order valence-electron chi connectivity index (χ2n) is 13.2. The Balaban J connectivity index is 1.60. The molecule has 0 aliphatic rings. The SMILES string of the molecule is CC(Cc1cccc(C(=O)O)c1)NCC(O[Si](C)(C)C(C)(C)C)c1cc(OCc2ccccc2)cc(OCc2ccccc2)c1. The van der Waals surface area contributed by atoms with Crippen molar-refractivity contribution in [3.8, 4) is 11.5 Å². The molecule has 0 spiro atoms. The van der Waals surface area contributed by atoms with Crippen LogP contribution in [-0.4, -0.2) is 32.0 Å². The lowest BCUT2D eigenvalue weighted by molar-refractivity contribution is 0.0696. The van der Waals surface area contributed by atoms with Crippen LogP contribution in [0.1, 0.15) is 66.4 Å². The van der Waals surface area contributed by atoms with Crippen molar-refractivity contribution in [3.05, 3.63) is 131 Å². The van der Waals surface area contributed by atoms with Gasteiger partial charge < -0.3 is 24.3 Å². The van der Waals surface area contributed by atoms with Crippen molar-refractivity contribution in [3.63, 3.8) is 0 Å². The summed E-state index contributed by atoms with van der Waals surface area (Å²) in [4.78, 5) is 11.5. The minimum absolute atomic E-state index is 0.0161. The lowest BCUT2D eigenvalue weighted by atomic mass is 10.0. The molecule has 4 aromatic rings. The van der Waals surface area contributed by atoms with Gasteiger partial charge in [-0.05, 0) is 78.0 Å². The number of hydrogen-bond acceptors (Lipinski definition) is 5. The summed E-state index contributed by atoms with van der Waals surface area (Å²) in [5, 5.41) is 13.1. The molecule has 2 N–H and O–H groups in total. The second kappa shape index (κ2) is 15.4. The van der Waals surface area contributed by atoms with Crippen LogP contribution in [0.15, 0.2) is 103 Å². The van der Waals surface area contributed by atoms with Crippen LogP contribution in [-0.2, 0) is 24.1 Å². The van der Waals surface area contributed by atoms with E-state index in [-0.39, 0.29) is 17.2 Å². The van der Waals surface area contributed by atoms with Gasteiger partial charge in [0.2, 0.25) is 0 Å². The van der Waals surface area contributed by atoms with E-state index in [0.717, 1.165) is 33.8 Å². The van der Waals surface area contributed by atoms with E-state index >= 15 is 0 Å². The normalized spacial score (nSPS) is 13.2. The molecule has 0 aliphatic heterocycles. The Hall–Kier alpha value is -3.91. The molecule has 0 aromatic heterocycles. The number of nitrogens with one attached hydrogen (secondary N) is 1. The third-order valence-corrected chi connectivity index (χ3v) is 12.9. The van der Waals surface area contributed by atoms with Crippen LogP contribution in [0.5, 0.6) is 11.5 Å². The Morgan fingerprint density at radius 3 is 1.82 bits per heavy atom. The van der Waals surface area contributed by atoms with Crippen LogP contribution in [0.3, 0.4) is 0 Å². The van der Waals surface area contributed by atoms with Crippen molar-refractivity contribution in [1.29, 1.82) is 0 Å². The fourth-order valence-corrected chi connectivity index (χ4v) is 6.04. The first kappa shape index (κ1) is 34.0. The van der Waals surface area contributed by atoms with E-state index in [2.05, 4.69) is 82.5 Å². The lowest BCUT2D eigenvalue weighted by Gasteiger charge is -2.40. The van der Waals surface area contributed by atoms with Gasteiger partial charge in [0.15, 0.2) is 8.32 Å². The van der Waals surface area contributed by atoms with Gasteiger partial charge in [-0.15, -0.1) is 0 Å². The molecule has 0 aliphatic carbocycles. The van der Waals surface area contributed by atoms with Gasteiger partial charge >= 0.3 is 5.97 Å². The fraction of sp³-hybridized carbons (Fsp3) is 0.342. The van der Waals surface area contributed by atoms with Gasteiger partial charge in [0, 0.05) is 18.7 Å². The number of benzene rings is 4. The smallest absolute Gasteiger partial charge is 0.335 e. The lowest BCUT2D eigenvalue weighted by Crippen LogP contribution is -2.44. The van der Waals surface area contributed by atoms with Crippen LogP contribution in [0, 0.1) is 0 Å². The third-order valence-electron chi connectivity index (χ3n) is 8.38. The Kier molecular flexibility index (Phi) is 11.6. The highest BCUT2D eigenvalue weighted by atomic mass is 28.4. The molecule has 0 fully saturated rings. The van der Waals surface area contributed by atoms with Gasteiger partial charge in [0.25, 0.3) is 0 Å². The van der Waals surface area contributed by atoms with Gasteiger partial charge in [0.1, 0.15) is 24.7 Å². The van der Waals surface area contributed by atoms with E-state index in [4.69, 9.17) is 13.9 Å². The number of carbonyl (C=O) groups is 1. The first-order chi connectivity index (χ1) is 21.4. The largest absolute Gasteiger partial charge is 0.489 e. The molecule has 0 amide bonds. The number of ether oxygens (including phenoxy) is 2. The average Bonchev–Trinajstić information content (AvgIpc) is 3.01. The topological polar surface area (TPSA) is 77.0 Å². The molecule has 0 radical (unpaired) electrons. The van der Waals surface area contributed by atoms with E-state index in [9.17, 15) is 9.90 Å². The van der Waals surface area contributed by atoms with E-state index in [0.29, 0.717) is 31.7 Å². The highest BCUT2D eigenvalue weighted by molar-refractivity contribution is 6.74. The predicted octanol–water partition coefficient (Wildman–Crippen LogP) is 8.83. The van der Waals surface area contributed by atoms with Gasteiger partial charge in [-0.25, -0.2) is 4.79 Å².